The number of hydrogen-bond acceptors (Lipinski definition) is 3. The molecule has 0 saturated heterocycles. The Morgan fingerprint density at radius 3 is 2.23 bits per heavy atom. The molecule has 3 aromatic rings. The fourth-order valence-electron chi connectivity index (χ4n) is 3.42. The van der Waals surface area contributed by atoms with Crippen LogP contribution in [0.15, 0.2) is 77.8 Å². The van der Waals surface area contributed by atoms with E-state index >= 15 is 0 Å². The molecule has 0 fully saturated rings. The third-order valence-corrected chi connectivity index (χ3v) is 4.96. The topological polar surface area (TPSA) is 47.6 Å². The van der Waals surface area contributed by atoms with Gasteiger partial charge in [0.2, 0.25) is 0 Å². The molecule has 1 atom stereocenters. The average Bonchev–Trinajstić information content (AvgIpc) is 3.05. The van der Waals surface area contributed by atoms with Crippen LogP contribution in [-0.4, -0.2) is 12.6 Å². The Morgan fingerprint density at radius 2 is 1.58 bits per heavy atom. The summed E-state index contributed by atoms with van der Waals surface area (Å²) >= 11 is 6.16. The van der Waals surface area contributed by atoms with Gasteiger partial charge in [0.15, 0.2) is 5.54 Å². The number of benzene rings is 3. The lowest BCUT2D eigenvalue weighted by molar-refractivity contribution is 0.278. The van der Waals surface area contributed by atoms with E-state index in [2.05, 4.69) is 43.3 Å². The van der Waals surface area contributed by atoms with Gasteiger partial charge in [-0.25, -0.2) is 4.99 Å². The summed E-state index contributed by atoms with van der Waals surface area (Å²) in [6.45, 7) is 2.46. The largest absolute Gasteiger partial charge is 0.462 e. The first-order valence-electron chi connectivity index (χ1n) is 8.49. The standard InChI is InChI=1S/C22H19ClN2O/c1-15-5-2-8-18(11-15)22(14-26-21(24)25-22)19-9-3-6-16(12-19)17-7-4-10-20(23)13-17/h2-13H,14H2,1H3,(H2,24,25)/t22-/m0/s1. The van der Waals surface area contributed by atoms with Gasteiger partial charge in [0.05, 0.1) is 0 Å². The van der Waals surface area contributed by atoms with E-state index in [1.165, 1.54) is 5.56 Å². The number of halogens is 1. The maximum absolute atomic E-state index is 6.16. The van der Waals surface area contributed by atoms with Crippen LogP contribution in [-0.2, 0) is 10.3 Å². The second-order valence-electron chi connectivity index (χ2n) is 6.56. The Kier molecular flexibility index (Phi) is 4.17. The van der Waals surface area contributed by atoms with Crippen molar-refractivity contribution in [3.8, 4) is 11.1 Å². The zero-order chi connectivity index (χ0) is 18.1. The van der Waals surface area contributed by atoms with E-state index in [1.54, 1.807) is 0 Å². The Bertz CT molecular complexity index is 999. The molecule has 0 aromatic heterocycles. The molecule has 3 nitrogen and oxygen atoms in total. The van der Waals surface area contributed by atoms with Crippen molar-refractivity contribution in [3.63, 3.8) is 0 Å². The minimum Gasteiger partial charge on any atom is -0.462 e. The van der Waals surface area contributed by atoms with Crippen molar-refractivity contribution in [2.75, 3.05) is 6.61 Å². The summed E-state index contributed by atoms with van der Waals surface area (Å²) in [6.07, 6.45) is 0. The quantitative estimate of drug-likeness (QED) is 0.720. The van der Waals surface area contributed by atoms with E-state index in [9.17, 15) is 0 Å². The van der Waals surface area contributed by atoms with Crippen LogP contribution in [0.1, 0.15) is 16.7 Å². The fourth-order valence-corrected chi connectivity index (χ4v) is 3.61. The van der Waals surface area contributed by atoms with Gasteiger partial charge in [-0.3, -0.25) is 0 Å². The molecular weight excluding hydrogens is 344 g/mol. The van der Waals surface area contributed by atoms with Gasteiger partial charge in [-0.05, 0) is 47.4 Å². The molecule has 0 saturated carbocycles. The van der Waals surface area contributed by atoms with Gasteiger partial charge in [-0.1, -0.05) is 71.8 Å². The Labute approximate surface area is 158 Å². The van der Waals surface area contributed by atoms with E-state index in [-0.39, 0.29) is 6.02 Å². The highest BCUT2D eigenvalue weighted by molar-refractivity contribution is 6.30. The first-order chi connectivity index (χ1) is 12.6. The van der Waals surface area contributed by atoms with E-state index in [4.69, 9.17) is 27.1 Å². The summed E-state index contributed by atoms with van der Waals surface area (Å²) in [5.74, 6) is 0. The molecular formula is C22H19ClN2O. The van der Waals surface area contributed by atoms with Crippen molar-refractivity contribution in [2.24, 2.45) is 10.7 Å². The Morgan fingerprint density at radius 1 is 0.923 bits per heavy atom. The van der Waals surface area contributed by atoms with Crippen molar-refractivity contribution >= 4 is 17.6 Å². The number of aliphatic imine (C=N–C) groups is 1. The number of rotatable bonds is 3. The maximum Gasteiger partial charge on any atom is 0.283 e. The molecule has 2 N–H and O–H groups in total. The third-order valence-electron chi connectivity index (χ3n) is 4.72. The highest BCUT2D eigenvalue weighted by Gasteiger charge is 2.40. The normalized spacial score (nSPS) is 19.1. The predicted octanol–water partition coefficient (Wildman–Crippen LogP) is 4.90. The Hall–Kier alpha value is -2.78. The number of amidine groups is 1. The molecule has 0 amide bonds. The first-order valence-corrected chi connectivity index (χ1v) is 8.86. The number of ether oxygens (including phenoxy) is 1. The summed E-state index contributed by atoms with van der Waals surface area (Å²) in [6, 6.07) is 24.7. The highest BCUT2D eigenvalue weighted by Crippen LogP contribution is 2.39. The molecule has 4 rings (SSSR count). The van der Waals surface area contributed by atoms with Crippen LogP contribution in [0.3, 0.4) is 0 Å². The number of nitrogens with zero attached hydrogens (tertiary/aromatic N) is 1. The van der Waals surface area contributed by atoms with Crippen molar-refractivity contribution in [1.82, 2.24) is 0 Å². The van der Waals surface area contributed by atoms with E-state index < -0.39 is 5.54 Å². The molecule has 26 heavy (non-hydrogen) atoms. The van der Waals surface area contributed by atoms with Crippen molar-refractivity contribution in [1.29, 1.82) is 0 Å². The molecule has 0 aliphatic carbocycles. The third kappa shape index (κ3) is 2.95. The summed E-state index contributed by atoms with van der Waals surface area (Å²) < 4.78 is 5.59. The number of hydrogen-bond donors (Lipinski definition) is 1. The molecule has 0 spiro atoms. The van der Waals surface area contributed by atoms with Crippen molar-refractivity contribution in [2.45, 2.75) is 12.5 Å². The predicted molar refractivity (Wildman–Crippen MR) is 106 cm³/mol. The van der Waals surface area contributed by atoms with Crippen LogP contribution in [0.4, 0.5) is 0 Å². The van der Waals surface area contributed by atoms with Crippen LogP contribution >= 0.6 is 11.6 Å². The van der Waals surface area contributed by atoms with Gasteiger partial charge in [-0.15, -0.1) is 0 Å². The molecule has 4 heteroatoms. The minimum atomic E-state index is -0.634. The zero-order valence-electron chi connectivity index (χ0n) is 14.4. The van der Waals surface area contributed by atoms with Gasteiger partial charge in [-0.2, -0.15) is 0 Å². The van der Waals surface area contributed by atoms with E-state index in [0.29, 0.717) is 11.6 Å². The molecule has 1 aliphatic rings. The van der Waals surface area contributed by atoms with Gasteiger partial charge < -0.3 is 10.5 Å². The summed E-state index contributed by atoms with van der Waals surface area (Å²) in [5, 5.41) is 0.716. The maximum atomic E-state index is 6.16. The van der Waals surface area contributed by atoms with Crippen LogP contribution in [0.5, 0.6) is 0 Å². The van der Waals surface area contributed by atoms with E-state index in [1.807, 2.05) is 36.4 Å². The van der Waals surface area contributed by atoms with Crippen molar-refractivity contribution in [3.05, 3.63) is 94.5 Å². The van der Waals surface area contributed by atoms with Gasteiger partial charge in [0.25, 0.3) is 6.02 Å². The first kappa shape index (κ1) is 16.7. The SMILES string of the molecule is Cc1cccc([C@]2(c3cccc(-c4cccc(Cl)c4)c3)COC(N)=N2)c1. The second kappa shape index (κ2) is 6.50. The van der Waals surface area contributed by atoms with Crippen LogP contribution in [0.25, 0.3) is 11.1 Å². The zero-order valence-corrected chi connectivity index (χ0v) is 15.2. The molecule has 130 valence electrons. The fraction of sp³-hybridized carbons (Fsp3) is 0.136. The monoisotopic (exact) mass is 362 g/mol. The summed E-state index contributed by atoms with van der Waals surface area (Å²) in [5.41, 5.74) is 10.7. The van der Waals surface area contributed by atoms with Crippen LogP contribution in [0.2, 0.25) is 5.02 Å². The second-order valence-corrected chi connectivity index (χ2v) is 7.00. The molecule has 3 aromatic carbocycles. The molecule has 1 heterocycles. The lowest BCUT2D eigenvalue weighted by Gasteiger charge is -2.26. The lowest BCUT2D eigenvalue weighted by Crippen LogP contribution is -2.27. The molecule has 0 unspecified atom stereocenters. The summed E-state index contributed by atoms with van der Waals surface area (Å²) in [4.78, 5) is 4.70. The van der Waals surface area contributed by atoms with Gasteiger partial charge in [0, 0.05) is 5.02 Å². The van der Waals surface area contributed by atoms with Gasteiger partial charge in [0.1, 0.15) is 6.61 Å². The minimum absolute atomic E-state index is 0.222. The van der Waals surface area contributed by atoms with Crippen LogP contribution in [0, 0.1) is 6.92 Å². The average molecular weight is 363 g/mol. The number of aryl methyl sites for hydroxylation is 1. The molecule has 1 aliphatic heterocycles. The number of nitrogens with two attached hydrogens (primary N) is 1. The van der Waals surface area contributed by atoms with Gasteiger partial charge >= 0.3 is 0 Å². The lowest BCUT2D eigenvalue weighted by atomic mass is 9.82. The van der Waals surface area contributed by atoms with Crippen LogP contribution < -0.4 is 5.73 Å². The Balaban J connectivity index is 1.87. The molecule has 0 radical (unpaired) electrons. The van der Waals surface area contributed by atoms with Crippen molar-refractivity contribution < 1.29 is 4.74 Å². The van der Waals surface area contributed by atoms with E-state index in [0.717, 1.165) is 22.3 Å². The highest BCUT2D eigenvalue weighted by atomic mass is 35.5. The summed E-state index contributed by atoms with van der Waals surface area (Å²) in [7, 11) is 0. The smallest absolute Gasteiger partial charge is 0.283 e. The molecule has 0 bridgehead atoms.